The van der Waals surface area contributed by atoms with Crippen molar-refractivity contribution in [3.05, 3.63) is 65.2 Å². The number of nitrogens with zero attached hydrogens (tertiary/aromatic N) is 1. The minimum Gasteiger partial charge on any atom is -0.354 e. The van der Waals surface area contributed by atoms with Gasteiger partial charge < -0.3 is 5.32 Å². The SMILES string of the molecule is CS(=O)(=O)N(CC(=O)NCCSc1ccccc1)Cc1ccccc1Cl. The average molecular weight is 413 g/mol. The third-order valence-corrected chi connectivity index (χ3v) is 6.11. The van der Waals surface area contributed by atoms with E-state index in [2.05, 4.69) is 5.32 Å². The lowest BCUT2D eigenvalue weighted by atomic mass is 10.2. The van der Waals surface area contributed by atoms with E-state index >= 15 is 0 Å². The van der Waals surface area contributed by atoms with Gasteiger partial charge in [0.25, 0.3) is 0 Å². The zero-order chi connectivity index (χ0) is 19.0. The van der Waals surface area contributed by atoms with Gasteiger partial charge in [0.1, 0.15) is 0 Å². The first-order valence-corrected chi connectivity index (χ1v) is 11.2. The van der Waals surface area contributed by atoms with E-state index in [1.54, 1.807) is 36.0 Å². The summed E-state index contributed by atoms with van der Waals surface area (Å²) in [6.07, 6.45) is 1.09. The molecule has 0 heterocycles. The quantitative estimate of drug-likeness (QED) is 0.508. The highest BCUT2D eigenvalue weighted by atomic mass is 35.5. The molecular formula is C18H21ClN2O3S2. The largest absolute Gasteiger partial charge is 0.354 e. The van der Waals surface area contributed by atoms with Crippen LogP contribution in [-0.2, 0) is 21.4 Å². The lowest BCUT2D eigenvalue weighted by Crippen LogP contribution is -2.40. The Morgan fingerprint density at radius 1 is 1.12 bits per heavy atom. The molecule has 0 fully saturated rings. The van der Waals surface area contributed by atoms with Crippen molar-refractivity contribution < 1.29 is 13.2 Å². The fraction of sp³-hybridized carbons (Fsp3) is 0.278. The van der Waals surface area contributed by atoms with Gasteiger partial charge in [-0.2, -0.15) is 4.31 Å². The number of thioether (sulfide) groups is 1. The van der Waals surface area contributed by atoms with E-state index in [1.807, 2.05) is 30.3 Å². The van der Waals surface area contributed by atoms with Crippen molar-refractivity contribution in [1.29, 1.82) is 0 Å². The molecule has 8 heteroatoms. The van der Waals surface area contributed by atoms with Crippen molar-refractivity contribution in [2.45, 2.75) is 11.4 Å². The summed E-state index contributed by atoms with van der Waals surface area (Å²) in [5, 5.41) is 3.23. The molecule has 0 unspecified atom stereocenters. The van der Waals surface area contributed by atoms with E-state index in [0.717, 1.165) is 15.5 Å². The summed E-state index contributed by atoms with van der Waals surface area (Å²) in [6.45, 7) is 0.285. The van der Waals surface area contributed by atoms with Gasteiger partial charge in [-0.3, -0.25) is 4.79 Å². The molecular weight excluding hydrogens is 392 g/mol. The van der Waals surface area contributed by atoms with Gasteiger partial charge in [0.2, 0.25) is 15.9 Å². The van der Waals surface area contributed by atoms with Crippen molar-refractivity contribution in [2.75, 3.05) is 25.1 Å². The number of benzene rings is 2. The Hall–Kier alpha value is -1.54. The van der Waals surface area contributed by atoms with Crippen LogP contribution in [0.15, 0.2) is 59.5 Å². The number of amides is 1. The van der Waals surface area contributed by atoms with Crippen LogP contribution in [0.2, 0.25) is 5.02 Å². The Balaban J connectivity index is 1.85. The van der Waals surface area contributed by atoms with Crippen LogP contribution < -0.4 is 5.32 Å². The number of hydrogen-bond acceptors (Lipinski definition) is 4. The van der Waals surface area contributed by atoms with E-state index in [-0.39, 0.29) is 19.0 Å². The van der Waals surface area contributed by atoms with Crippen LogP contribution in [0.5, 0.6) is 0 Å². The van der Waals surface area contributed by atoms with Gasteiger partial charge in [-0.15, -0.1) is 11.8 Å². The van der Waals surface area contributed by atoms with Crippen LogP contribution >= 0.6 is 23.4 Å². The van der Waals surface area contributed by atoms with Crippen molar-refractivity contribution >= 4 is 39.3 Å². The summed E-state index contributed by atoms with van der Waals surface area (Å²) >= 11 is 7.72. The topological polar surface area (TPSA) is 66.5 Å². The molecule has 26 heavy (non-hydrogen) atoms. The molecule has 5 nitrogen and oxygen atoms in total. The normalized spacial score (nSPS) is 11.5. The first-order chi connectivity index (χ1) is 12.4. The number of carbonyl (C=O) groups is 1. The molecule has 140 valence electrons. The van der Waals surface area contributed by atoms with Gasteiger partial charge in [-0.05, 0) is 23.8 Å². The van der Waals surface area contributed by atoms with E-state index in [4.69, 9.17) is 11.6 Å². The minimum absolute atomic E-state index is 0.0602. The predicted molar refractivity (Wildman–Crippen MR) is 107 cm³/mol. The van der Waals surface area contributed by atoms with Crippen molar-refractivity contribution in [2.24, 2.45) is 0 Å². The fourth-order valence-corrected chi connectivity index (χ4v) is 3.91. The maximum Gasteiger partial charge on any atom is 0.235 e. The molecule has 0 saturated heterocycles. The summed E-state index contributed by atoms with van der Waals surface area (Å²) in [5.74, 6) is 0.371. The van der Waals surface area contributed by atoms with Crippen molar-refractivity contribution in [3.63, 3.8) is 0 Å². The number of nitrogens with one attached hydrogen (secondary N) is 1. The molecule has 0 aliphatic carbocycles. The van der Waals surface area contributed by atoms with Gasteiger partial charge in [-0.1, -0.05) is 48.0 Å². The zero-order valence-corrected chi connectivity index (χ0v) is 16.8. The molecule has 0 aromatic heterocycles. The van der Waals surface area contributed by atoms with Crippen LogP contribution in [0.1, 0.15) is 5.56 Å². The Kier molecular flexibility index (Phi) is 7.96. The fourth-order valence-electron chi connectivity index (χ4n) is 2.20. The lowest BCUT2D eigenvalue weighted by molar-refractivity contribution is -0.121. The van der Waals surface area contributed by atoms with Crippen LogP contribution in [0.3, 0.4) is 0 Å². The van der Waals surface area contributed by atoms with Gasteiger partial charge in [0, 0.05) is 28.8 Å². The van der Waals surface area contributed by atoms with Gasteiger partial charge in [-0.25, -0.2) is 8.42 Å². The summed E-state index contributed by atoms with van der Waals surface area (Å²) in [6, 6.07) is 16.9. The number of rotatable bonds is 9. The Bertz CT molecular complexity index is 829. The summed E-state index contributed by atoms with van der Waals surface area (Å²) in [5.41, 5.74) is 0.659. The third-order valence-electron chi connectivity index (χ3n) is 3.53. The van der Waals surface area contributed by atoms with Crippen LogP contribution in [0.25, 0.3) is 0 Å². The predicted octanol–water partition coefficient (Wildman–Crippen LogP) is 3.01. The maximum atomic E-state index is 12.1. The van der Waals surface area contributed by atoms with E-state index < -0.39 is 10.0 Å². The second-order valence-electron chi connectivity index (χ2n) is 5.63. The molecule has 0 radical (unpaired) electrons. The minimum atomic E-state index is -3.54. The molecule has 0 atom stereocenters. The molecule has 0 spiro atoms. The van der Waals surface area contributed by atoms with E-state index in [9.17, 15) is 13.2 Å². The number of hydrogen-bond donors (Lipinski definition) is 1. The van der Waals surface area contributed by atoms with Crippen molar-refractivity contribution in [3.8, 4) is 0 Å². The molecule has 2 aromatic carbocycles. The molecule has 0 aliphatic heterocycles. The number of sulfonamides is 1. The molecule has 0 saturated carbocycles. The molecule has 0 bridgehead atoms. The Morgan fingerprint density at radius 3 is 2.42 bits per heavy atom. The highest BCUT2D eigenvalue weighted by Crippen LogP contribution is 2.18. The average Bonchev–Trinajstić information content (AvgIpc) is 2.60. The van der Waals surface area contributed by atoms with Crippen LogP contribution in [0.4, 0.5) is 0 Å². The standard InChI is InChI=1S/C18H21ClN2O3S2/c1-26(23,24)21(13-15-7-5-6-10-17(15)19)14-18(22)20-11-12-25-16-8-3-2-4-9-16/h2-10H,11-14H2,1H3,(H,20,22). The summed E-state index contributed by atoms with van der Waals surface area (Å²) in [4.78, 5) is 13.3. The number of halogens is 1. The highest BCUT2D eigenvalue weighted by Gasteiger charge is 2.21. The molecule has 0 aliphatic rings. The Morgan fingerprint density at radius 2 is 1.77 bits per heavy atom. The first kappa shape index (κ1) is 20.8. The first-order valence-electron chi connectivity index (χ1n) is 7.99. The monoisotopic (exact) mass is 412 g/mol. The van der Waals surface area contributed by atoms with E-state index in [1.165, 1.54) is 0 Å². The number of carbonyl (C=O) groups excluding carboxylic acids is 1. The summed E-state index contributed by atoms with van der Waals surface area (Å²) < 4.78 is 25.1. The lowest BCUT2D eigenvalue weighted by Gasteiger charge is -2.20. The second kappa shape index (κ2) is 9.97. The maximum absolute atomic E-state index is 12.1. The molecule has 1 amide bonds. The van der Waals surface area contributed by atoms with Gasteiger partial charge in [0.05, 0.1) is 12.8 Å². The summed E-state index contributed by atoms with van der Waals surface area (Å²) in [7, 11) is -3.54. The van der Waals surface area contributed by atoms with Crippen molar-refractivity contribution in [1.82, 2.24) is 9.62 Å². The van der Waals surface area contributed by atoms with Crippen LogP contribution in [-0.4, -0.2) is 43.7 Å². The van der Waals surface area contributed by atoms with Gasteiger partial charge >= 0.3 is 0 Å². The Labute approximate surface area is 163 Å². The molecule has 2 aromatic rings. The van der Waals surface area contributed by atoms with Gasteiger partial charge in [0.15, 0.2) is 0 Å². The molecule has 2 rings (SSSR count). The van der Waals surface area contributed by atoms with Crippen LogP contribution in [0, 0.1) is 0 Å². The zero-order valence-electron chi connectivity index (χ0n) is 14.4. The third kappa shape index (κ3) is 6.99. The van der Waals surface area contributed by atoms with E-state index in [0.29, 0.717) is 22.9 Å². The molecule has 1 N–H and O–H groups in total. The second-order valence-corrected chi connectivity index (χ2v) is 9.19. The smallest absolute Gasteiger partial charge is 0.235 e. The highest BCUT2D eigenvalue weighted by molar-refractivity contribution is 7.99.